The molecule has 0 spiro atoms. The Bertz CT molecular complexity index is 910. The third-order valence-electron chi connectivity index (χ3n) is 2.65. The number of alkyl halides is 3. The van der Waals surface area contributed by atoms with E-state index >= 15 is 0 Å². The van der Waals surface area contributed by atoms with Gasteiger partial charge in [-0.2, -0.15) is 13.2 Å². The second-order valence-corrected chi connectivity index (χ2v) is 5.88. The SMILES string of the molecule is C[n+]1cccc(-c2cc(F)ccc2N=[N+]=[N-])c1.O=S(=O)([O-])C(F)(F)F. The van der Waals surface area contributed by atoms with Crippen molar-refractivity contribution in [3.63, 3.8) is 0 Å². The maximum absolute atomic E-state index is 13.2. The van der Waals surface area contributed by atoms with Crippen LogP contribution in [-0.4, -0.2) is 18.5 Å². The van der Waals surface area contributed by atoms with Gasteiger partial charge >= 0.3 is 5.51 Å². The van der Waals surface area contributed by atoms with Crippen molar-refractivity contribution in [2.75, 3.05) is 0 Å². The van der Waals surface area contributed by atoms with Crippen molar-refractivity contribution < 1.29 is 35.1 Å². The number of nitrogens with zero attached hydrogens (tertiary/aromatic N) is 4. The average Bonchev–Trinajstić information content (AvgIpc) is 2.48. The van der Waals surface area contributed by atoms with E-state index in [9.17, 15) is 17.6 Å². The van der Waals surface area contributed by atoms with Crippen LogP contribution in [0.4, 0.5) is 23.2 Å². The van der Waals surface area contributed by atoms with Gasteiger partial charge in [0.15, 0.2) is 22.5 Å². The Morgan fingerprint density at radius 2 is 1.88 bits per heavy atom. The van der Waals surface area contributed by atoms with Crippen LogP contribution >= 0.6 is 0 Å². The third-order valence-corrected chi connectivity index (χ3v) is 3.21. The lowest BCUT2D eigenvalue weighted by atomic mass is 10.1. The minimum Gasteiger partial charge on any atom is -0.741 e. The largest absolute Gasteiger partial charge is 0.741 e. The molecule has 0 atom stereocenters. The zero-order valence-corrected chi connectivity index (χ0v) is 13.3. The van der Waals surface area contributed by atoms with Gasteiger partial charge in [0, 0.05) is 27.8 Å². The number of azide groups is 1. The highest BCUT2D eigenvalue weighted by Crippen LogP contribution is 2.30. The zero-order chi connectivity index (χ0) is 19.3. The number of benzene rings is 1. The molecule has 0 unspecified atom stereocenters. The Kier molecular flexibility index (Phi) is 6.45. The predicted octanol–water partition coefficient (Wildman–Crippen LogP) is 3.31. The fourth-order valence-electron chi connectivity index (χ4n) is 1.62. The van der Waals surface area contributed by atoms with Gasteiger partial charge in [-0.1, -0.05) is 5.11 Å². The van der Waals surface area contributed by atoms with Gasteiger partial charge in [0.2, 0.25) is 0 Å². The van der Waals surface area contributed by atoms with Crippen LogP contribution in [0.15, 0.2) is 47.8 Å². The van der Waals surface area contributed by atoms with E-state index in [4.69, 9.17) is 18.5 Å². The Morgan fingerprint density at radius 1 is 1.28 bits per heavy atom. The molecular weight excluding hydrogens is 368 g/mol. The second kappa shape index (κ2) is 7.92. The lowest BCUT2D eigenvalue weighted by Gasteiger charge is -2.08. The molecule has 0 bridgehead atoms. The molecule has 25 heavy (non-hydrogen) atoms. The number of aromatic nitrogens is 1. The van der Waals surface area contributed by atoms with Crippen molar-refractivity contribution in [3.05, 3.63) is 59.0 Å². The van der Waals surface area contributed by atoms with Crippen molar-refractivity contribution >= 4 is 15.8 Å². The van der Waals surface area contributed by atoms with Crippen LogP contribution in [0.25, 0.3) is 21.6 Å². The molecule has 0 aliphatic carbocycles. The van der Waals surface area contributed by atoms with E-state index in [1.807, 2.05) is 36.1 Å². The number of halogens is 4. The molecule has 1 aromatic carbocycles. The topological polar surface area (TPSA) is 110 Å². The van der Waals surface area contributed by atoms with Crippen molar-refractivity contribution in [1.82, 2.24) is 0 Å². The first-order valence-corrected chi connectivity index (χ1v) is 7.69. The molecule has 1 aromatic heterocycles. The van der Waals surface area contributed by atoms with E-state index in [1.54, 1.807) is 0 Å². The molecule has 0 aliphatic rings. The van der Waals surface area contributed by atoms with Gasteiger partial charge in [-0.05, 0) is 29.8 Å². The molecular formula is C13H10F4N4O3S. The van der Waals surface area contributed by atoms with Gasteiger partial charge < -0.3 is 4.55 Å². The van der Waals surface area contributed by atoms with E-state index in [1.165, 1.54) is 18.2 Å². The molecule has 0 saturated heterocycles. The summed E-state index contributed by atoms with van der Waals surface area (Å²) in [5.74, 6) is -0.358. The molecule has 0 aliphatic heterocycles. The van der Waals surface area contributed by atoms with Crippen LogP contribution in [0, 0.1) is 5.82 Å². The minimum absolute atomic E-state index is 0.358. The van der Waals surface area contributed by atoms with Crippen molar-refractivity contribution in [2.24, 2.45) is 12.2 Å². The highest BCUT2D eigenvalue weighted by atomic mass is 32.2. The summed E-state index contributed by atoms with van der Waals surface area (Å²) in [7, 11) is -4.22. The van der Waals surface area contributed by atoms with Crippen molar-refractivity contribution in [1.29, 1.82) is 0 Å². The lowest BCUT2D eigenvalue weighted by Crippen LogP contribution is -2.26. The second-order valence-electron chi connectivity index (χ2n) is 4.51. The number of hydrogen-bond donors (Lipinski definition) is 0. The Balaban J connectivity index is 0.000000333. The third kappa shape index (κ3) is 6.03. The summed E-state index contributed by atoms with van der Waals surface area (Å²) in [6, 6.07) is 7.79. The van der Waals surface area contributed by atoms with Gasteiger partial charge in [-0.3, -0.25) is 0 Å². The van der Waals surface area contributed by atoms with E-state index < -0.39 is 15.6 Å². The first-order valence-electron chi connectivity index (χ1n) is 6.28. The molecule has 1 heterocycles. The molecule has 12 heteroatoms. The lowest BCUT2D eigenvalue weighted by molar-refractivity contribution is -0.671. The highest BCUT2D eigenvalue weighted by molar-refractivity contribution is 7.86. The molecule has 134 valence electrons. The first-order chi connectivity index (χ1) is 11.5. The van der Waals surface area contributed by atoms with Crippen LogP contribution < -0.4 is 4.57 Å². The Morgan fingerprint density at radius 3 is 2.36 bits per heavy atom. The standard InChI is InChI=1S/C12H10FN4.CHF3O3S/c1-17-6-2-3-9(8-17)11-7-10(13)4-5-12(11)15-16-14;2-1(3,4)8(5,6)7/h2-8H,1H3;(H,5,6,7)/q+1;/p-1. The molecule has 0 fully saturated rings. The molecule has 0 radical (unpaired) electrons. The Labute approximate surface area is 139 Å². The van der Waals surface area contributed by atoms with Crippen LogP contribution in [0.1, 0.15) is 0 Å². The molecule has 2 rings (SSSR count). The summed E-state index contributed by atoms with van der Waals surface area (Å²) in [6.07, 6.45) is 3.71. The fourth-order valence-corrected chi connectivity index (χ4v) is 1.62. The summed E-state index contributed by atoms with van der Waals surface area (Å²) in [4.78, 5) is 2.74. The number of rotatable bonds is 2. The molecule has 7 nitrogen and oxygen atoms in total. The summed E-state index contributed by atoms with van der Waals surface area (Å²) in [5, 5.41) is 3.56. The van der Waals surface area contributed by atoms with Gasteiger partial charge in [0.1, 0.15) is 12.9 Å². The highest BCUT2D eigenvalue weighted by Gasteiger charge is 2.36. The predicted molar refractivity (Wildman–Crippen MR) is 77.6 cm³/mol. The maximum Gasteiger partial charge on any atom is 0.485 e. The van der Waals surface area contributed by atoms with Crippen LogP contribution in [0.3, 0.4) is 0 Å². The average molecular weight is 378 g/mol. The first kappa shape index (κ1) is 20.4. The van der Waals surface area contributed by atoms with Crippen LogP contribution in [0.5, 0.6) is 0 Å². The quantitative estimate of drug-likeness (QED) is 0.152. The number of hydrogen-bond acceptors (Lipinski definition) is 4. The van der Waals surface area contributed by atoms with Crippen molar-refractivity contribution in [2.45, 2.75) is 5.51 Å². The summed E-state index contributed by atoms with van der Waals surface area (Å²) in [5.41, 5.74) is 4.63. The van der Waals surface area contributed by atoms with E-state index in [2.05, 4.69) is 10.0 Å². The smallest absolute Gasteiger partial charge is 0.485 e. The van der Waals surface area contributed by atoms with E-state index in [-0.39, 0.29) is 5.82 Å². The minimum atomic E-state index is -6.09. The monoisotopic (exact) mass is 378 g/mol. The zero-order valence-electron chi connectivity index (χ0n) is 12.5. The summed E-state index contributed by atoms with van der Waals surface area (Å²) >= 11 is 0. The molecule has 0 amide bonds. The fraction of sp³-hybridized carbons (Fsp3) is 0.154. The van der Waals surface area contributed by atoms with Crippen molar-refractivity contribution in [3.8, 4) is 11.1 Å². The van der Waals surface area contributed by atoms with Crippen LogP contribution in [0.2, 0.25) is 0 Å². The van der Waals surface area contributed by atoms with Gasteiger partial charge in [-0.25, -0.2) is 17.4 Å². The van der Waals surface area contributed by atoms with Gasteiger partial charge in [0.25, 0.3) is 0 Å². The summed E-state index contributed by atoms with van der Waals surface area (Å²) < 4.78 is 74.0. The van der Waals surface area contributed by atoms with E-state index in [0.29, 0.717) is 11.3 Å². The van der Waals surface area contributed by atoms with Crippen LogP contribution in [-0.2, 0) is 17.2 Å². The maximum atomic E-state index is 13.2. The van der Waals surface area contributed by atoms with E-state index in [0.717, 1.165) is 5.56 Å². The molecule has 2 aromatic rings. The molecule has 0 saturated carbocycles. The molecule has 0 N–H and O–H groups in total. The summed E-state index contributed by atoms with van der Waals surface area (Å²) in [6.45, 7) is 0. The van der Waals surface area contributed by atoms with Gasteiger partial charge in [-0.15, -0.1) is 0 Å². The number of aryl methyl sites for hydroxylation is 1. The van der Waals surface area contributed by atoms with Gasteiger partial charge in [0.05, 0.1) is 0 Å². The normalized spacial score (nSPS) is 11.1. The Hall–Kier alpha value is -2.69. The number of pyridine rings is 1.